The summed E-state index contributed by atoms with van der Waals surface area (Å²) in [7, 11) is 0. The minimum Gasteiger partial charge on any atom is -0.460 e. The molecule has 1 aromatic heterocycles. The van der Waals surface area contributed by atoms with Crippen LogP contribution in [0, 0.1) is 34.5 Å². The van der Waals surface area contributed by atoms with Crippen LogP contribution in [0.2, 0.25) is 0 Å². The molecule has 3 heteroatoms. The maximum atomic E-state index is 7.10. The van der Waals surface area contributed by atoms with Crippen LogP contribution >= 0.6 is 0 Å². The highest BCUT2D eigenvalue weighted by Gasteiger charge is 2.61. The van der Waals surface area contributed by atoms with Crippen LogP contribution in [0.25, 0.3) is 12.2 Å². The summed E-state index contributed by atoms with van der Waals surface area (Å²) in [6.45, 7) is 0. The molecule has 2 spiro atoms. The molecular formula is C58H66N2O. The van der Waals surface area contributed by atoms with Gasteiger partial charge in [0.25, 0.3) is 0 Å². The van der Waals surface area contributed by atoms with Crippen molar-refractivity contribution in [2.45, 2.75) is 153 Å². The summed E-state index contributed by atoms with van der Waals surface area (Å²) in [5, 5.41) is 8.14. The lowest BCUT2D eigenvalue weighted by molar-refractivity contribution is 0.130. The predicted molar refractivity (Wildman–Crippen MR) is 249 cm³/mol. The second-order valence-corrected chi connectivity index (χ2v) is 21.3. The Morgan fingerprint density at radius 3 is 2.41 bits per heavy atom. The quantitative estimate of drug-likeness (QED) is 0.302. The molecule has 2 N–H and O–H groups in total. The molecule has 10 aliphatic carbocycles. The molecule has 13 rings (SSSR count). The lowest BCUT2D eigenvalue weighted by Gasteiger charge is -2.44. The first kappa shape index (κ1) is 37.6. The van der Waals surface area contributed by atoms with Crippen molar-refractivity contribution in [2.24, 2.45) is 34.5 Å². The van der Waals surface area contributed by atoms with E-state index in [4.69, 9.17) is 4.42 Å². The van der Waals surface area contributed by atoms with E-state index in [0.717, 1.165) is 43.8 Å². The number of hydrogen-bond acceptors (Lipinski definition) is 3. The molecule has 0 radical (unpaired) electrons. The third-order valence-electron chi connectivity index (χ3n) is 18.6. The SMILES string of the molecule is C1=CC(C2CC(C3CC=Cc4c3oc3c4CC(C4=CCCC5C4C4CC6=C(C=C4C54CCCCC4)C4=CCCC=C4C64CCCCC4)C=C3)NC(c3ccccc3)N2)=CCC1. The maximum Gasteiger partial charge on any atom is 0.130 e. The third kappa shape index (κ3) is 5.81. The Morgan fingerprint density at radius 2 is 1.56 bits per heavy atom. The van der Waals surface area contributed by atoms with E-state index in [1.165, 1.54) is 124 Å². The van der Waals surface area contributed by atoms with Gasteiger partial charge in [-0.2, -0.15) is 0 Å². The molecule has 2 heterocycles. The Kier molecular flexibility index (Phi) is 9.15. The second kappa shape index (κ2) is 14.8. The fourth-order valence-electron chi connectivity index (χ4n) is 16.1. The molecule has 8 atom stereocenters. The molecule has 2 aromatic rings. The van der Waals surface area contributed by atoms with Gasteiger partial charge in [0.15, 0.2) is 0 Å². The Bertz CT molecular complexity index is 2390. The summed E-state index contributed by atoms with van der Waals surface area (Å²) in [5.41, 5.74) is 17.1. The fraction of sp³-hybridized carbons (Fsp3) is 0.517. The van der Waals surface area contributed by atoms with E-state index in [2.05, 4.69) is 108 Å². The van der Waals surface area contributed by atoms with Gasteiger partial charge in [0.2, 0.25) is 0 Å². The molecule has 3 saturated carbocycles. The molecule has 1 aliphatic heterocycles. The van der Waals surface area contributed by atoms with Crippen molar-refractivity contribution in [1.82, 2.24) is 10.6 Å². The normalized spacial score (nSPS) is 35.2. The van der Waals surface area contributed by atoms with Gasteiger partial charge in [0.05, 0.1) is 6.17 Å². The first-order chi connectivity index (χ1) is 30.2. The molecular weight excluding hydrogens is 741 g/mol. The Hall–Kier alpha value is -3.92. The molecule has 1 saturated heterocycles. The van der Waals surface area contributed by atoms with Gasteiger partial charge in [0.1, 0.15) is 11.5 Å². The molecule has 314 valence electrons. The number of fused-ring (bicyclic) bond motifs is 12. The maximum absolute atomic E-state index is 7.10. The zero-order valence-electron chi connectivity index (χ0n) is 36.4. The summed E-state index contributed by atoms with van der Waals surface area (Å²) >= 11 is 0. The Labute approximate surface area is 365 Å². The Morgan fingerprint density at radius 1 is 0.721 bits per heavy atom. The molecule has 1 aromatic carbocycles. The third-order valence-corrected chi connectivity index (χ3v) is 18.6. The lowest BCUT2D eigenvalue weighted by atomic mass is 9.60. The monoisotopic (exact) mass is 807 g/mol. The van der Waals surface area contributed by atoms with Crippen LogP contribution in [-0.4, -0.2) is 12.1 Å². The molecule has 0 bridgehead atoms. The van der Waals surface area contributed by atoms with Gasteiger partial charge >= 0.3 is 0 Å². The number of nitrogens with one attached hydrogen (secondary N) is 2. The smallest absolute Gasteiger partial charge is 0.130 e. The molecule has 61 heavy (non-hydrogen) atoms. The van der Waals surface area contributed by atoms with Gasteiger partial charge in [-0.15, -0.1) is 0 Å². The van der Waals surface area contributed by atoms with Crippen molar-refractivity contribution < 1.29 is 4.42 Å². The highest BCUT2D eigenvalue weighted by molar-refractivity contribution is 5.71. The summed E-state index contributed by atoms with van der Waals surface area (Å²) in [5.74, 6) is 5.28. The standard InChI is InChI=1S/C58H66N2O/c1-5-17-37(18-6-1)51-36-52(60-56(59-51)38-19-7-2-8-20-38)43-24-15-23-42-45-33-39(27-28-53(45)61-55(42)43)40-22-16-26-48-54(40)46-35-49-44(34-50(46)58(48)31-13-4-14-32-58)41-21-9-10-25-47(41)57(49)29-11-3-12-30-57/h2,5,7-8,15,17-23,25,27-28,34,39,43,46,48,51-52,54,56,59-60H,1,3-4,6,9-14,16,24,26,29-33,35-36H2. The van der Waals surface area contributed by atoms with E-state index in [0.29, 0.717) is 46.6 Å². The van der Waals surface area contributed by atoms with Crippen molar-refractivity contribution in [3.05, 3.63) is 152 Å². The largest absolute Gasteiger partial charge is 0.460 e. The van der Waals surface area contributed by atoms with Crippen LogP contribution in [-0.2, 0) is 6.42 Å². The number of benzene rings is 1. The summed E-state index contributed by atoms with van der Waals surface area (Å²) in [6.07, 6.45) is 54.3. The van der Waals surface area contributed by atoms with Crippen molar-refractivity contribution in [1.29, 1.82) is 0 Å². The minimum atomic E-state index is 0.106. The van der Waals surface area contributed by atoms with Gasteiger partial charge in [0, 0.05) is 40.5 Å². The number of rotatable bonds is 4. The van der Waals surface area contributed by atoms with Crippen LogP contribution in [0.1, 0.15) is 162 Å². The number of hydrogen-bond donors (Lipinski definition) is 2. The van der Waals surface area contributed by atoms with Crippen molar-refractivity contribution >= 4 is 12.2 Å². The zero-order valence-corrected chi connectivity index (χ0v) is 36.4. The summed E-state index contributed by atoms with van der Waals surface area (Å²) in [6, 6.07) is 11.7. The topological polar surface area (TPSA) is 37.2 Å². The predicted octanol–water partition coefficient (Wildman–Crippen LogP) is 14.0. The van der Waals surface area contributed by atoms with Crippen LogP contribution in [0.4, 0.5) is 0 Å². The van der Waals surface area contributed by atoms with E-state index in [1.807, 2.05) is 11.1 Å². The first-order valence-corrected chi connectivity index (χ1v) is 25.2. The van der Waals surface area contributed by atoms with Crippen LogP contribution < -0.4 is 10.6 Å². The Balaban J connectivity index is 0.830. The van der Waals surface area contributed by atoms with Crippen LogP contribution in [0.5, 0.6) is 0 Å². The average molecular weight is 807 g/mol. The molecule has 8 unspecified atom stereocenters. The van der Waals surface area contributed by atoms with E-state index in [9.17, 15) is 0 Å². The van der Waals surface area contributed by atoms with E-state index in [1.54, 1.807) is 22.3 Å². The van der Waals surface area contributed by atoms with Crippen molar-refractivity contribution in [2.75, 3.05) is 0 Å². The summed E-state index contributed by atoms with van der Waals surface area (Å²) in [4.78, 5) is 0. The van der Waals surface area contributed by atoms with Gasteiger partial charge in [-0.25, -0.2) is 0 Å². The molecule has 11 aliphatic rings. The number of allylic oxidation sites excluding steroid dienone is 14. The van der Waals surface area contributed by atoms with E-state index < -0.39 is 0 Å². The average Bonchev–Trinajstić information content (AvgIpc) is 3.93. The fourth-order valence-corrected chi connectivity index (χ4v) is 16.1. The van der Waals surface area contributed by atoms with E-state index >= 15 is 0 Å². The molecule has 3 nitrogen and oxygen atoms in total. The lowest BCUT2D eigenvalue weighted by Crippen LogP contribution is -2.55. The zero-order chi connectivity index (χ0) is 40.1. The molecule has 4 fully saturated rings. The van der Waals surface area contributed by atoms with Gasteiger partial charge in [-0.1, -0.05) is 146 Å². The van der Waals surface area contributed by atoms with Crippen LogP contribution in [0.15, 0.2) is 128 Å². The second-order valence-electron chi connectivity index (χ2n) is 21.3. The van der Waals surface area contributed by atoms with E-state index in [-0.39, 0.29) is 6.17 Å². The molecule has 0 amide bonds. The highest BCUT2D eigenvalue weighted by atomic mass is 16.3. The van der Waals surface area contributed by atoms with Gasteiger partial charge in [-0.3, -0.25) is 10.6 Å². The number of furan rings is 1. The highest BCUT2D eigenvalue weighted by Crippen LogP contribution is 2.71. The van der Waals surface area contributed by atoms with Gasteiger partial charge < -0.3 is 4.42 Å². The van der Waals surface area contributed by atoms with Crippen LogP contribution in [0.3, 0.4) is 0 Å². The first-order valence-electron chi connectivity index (χ1n) is 25.2. The van der Waals surface area contributed by atoms with Gasteiger partial charge in [-0.05, 0) is 147 Å². The minimum absolute atomic E-state index is 0.106. The van der Waals surface area contributed by atoms with Crippen molar-refractivity contribution in [3.8, 4) is 0 Å². The van der Waals surface area contributed by atoms with Crippen molar-refractivity contribution in [3.63, 3.8) is 0 Å². The summed E-state index contributed by atoms with van der Waals surface area (Å²) < 4.78 is 7.10.